The Morgan fingerprint density at radius 3 is 2.86 bits per heavy atom. The van der Waals surface area contributed by atoms with Gasteiger partial charge in [0, 0.05) is 43.1 Å². The average Bonchev–Trinajstić information content (AvgIpc) is 2.76. The van der Waals surface area contributed by atoms with E-state index in [2.05, 4.69) is 33.2 Å². The van der Waals surface area contributed by atoms with Crippen LogP contribution in [0.1, 0.15) is 12.5 Å². The molecule has 3 heterocycles. The first-order valence-electron chi connectivity index (χ1n) is 9.60. The molecule has 7 nitrogen and oxygen atoms in total. The smallest absolute Gasteiger partial charge is 0.168 e. The number of nitrogens with one attached hydrogen (secondary N) is 1. The number of hydrogen-bond acceptors (Lipinski definition) is 7. The number of nitriles is 1. The van der Waals surface area contributed by atoms with Crippen molar-refractivity contribution in [3.05, 3.63) is 54.4 Å². The molecule has 1 fully saturated rings. The Morgan fingerprint density at radius 1 is 1.21 bits per heavy atom. The van der Waals surface area contributed by atoms with E-state index in [0.717, 1.165) is 29.7 Å². The predicted octanol–water partition coefficient (Wildman–Crippen LogP) is 3.22. The van der Waals surface area contributed by atoms with Gasteiger partial charge in [0.2, 0.25) is 0 Å². The Hall–Kier alpha value is -3.37. The summed E-state index contributed by atoms with van der Waals surface area (Å²) in [6.45, 7) is 4.19. The number of anilines is 2. The maximum absolute atomic E-state index is 9.39. The highest BCUT2D eigenvalue weighted by atomic mass is 16.5. The van der Waals surface area contributed by atoms with Crippen LogP contribution in [-0.2, 0) is 4.74 Å². The molecule has 0 saturated carbocycles. The van der Waals surface area contributed by atoms with E-state index in [9.17, 15) is 5.26 Å². The number of fused-ring (bicyclic) bond motifs is 1. The second-order valence-electron chi connectivity index (χ2n) is 7.05. The molecule has 2 aromatic heterocycles. The van der Waals surface area contributed by atoms with E-state index in [-0.39, 0.29) is 12.2 Å². The molecule has 0 unspecified atom stereocenters. The summed E-state index contributed by atoms with van der Waals surface area (Å²) in [5.74, 6) is 1.41. The zero-order valence-corrected chi connectivity index (χ0v) is 16.5. The maximum atomic E-state index is 9.39. The lowest BCUT2D eigenvalue weighted by atomic mass is 10.1. The fourth-order valence-corrected chi connectivity index (χ4v) is 3.78. The molecule has 0 radical (unpaired) electrons. The van der Waals surface area contributed by atoms with E-state index in [0.29, 0.717) is 23.7 Å². The Morgan fingerprint density at radius 2 is 2.03 bits per heavy atom. The molecule has 148 valence electrons. The van der Waals surface area contributed by atoms with Crippen LogP contribution in [0.5, 0.6) is 5.75 Å². The van der Waals surface area contributed by atoms with Crippen molar-refractivity contribution in [1.29, 1.82) is 5.26 Å². The lowest BCUT2D eigenvalue weighted by molar-refractivity contribution is -0.00825. The molecule has 3 aromatic rings. The molecule has 0 spiro atoms. The van der Waals surface area contributed by atoms with Crippen molar-refractivity contribution in [3.63, 3.8) is 0 Å². The standard InChI is InChI=1S/C22H23N5O2/c1-15-13-27(19-8-7-16(11-23)21-18(19)5-3-9-24-21)14-17(29-15)12-26-22-20(28-2)6-4-10-25-22/h3-10,15,17H,12-14H2,1-2H3,(H,25,26)/t15-,17+/m1/s1. The summed E-state index contributed by atoms with van der Waals surface area (Å²) in [5, 5.41) is 13.7. The molecule has 1 aromatic carbocycles. The topological polar surface area (TPSA) is 83.3 Å². The van der Waals surface area contributed by atoms with E-state index >= 15 is 0 Å². The van der Waals surface area contributed by atoms with Gasteiger partial charge in [-0.1, -0.05) is 0 Å². The fraction of sp³-hybridized carbons (Fsp3) is 0.318. The summed E-state index contributed by atoms with van der Waals surface area (Å²) in [7, 11) is 1.63. The van der Waals surface area contributed by atoms with Crippen LogP contribution in [0.4, 0.5) is 11.5 Å². The van der Waals surface area contributed by atoms with Gasteiger partial charge < -0.3 is 19.7 Å². The second kappa shape index (κ2) is 8.33. The number of morpholine rings is 1. The van der Waals surface area contributed by atoms with Crippen molar-refractivity contribution in [3.8, 4) is 11.8 Å². The van der Waals surface area contributed by atoms with Crippen LogP contribution < -0.4 is 15.0 Å². The van der Waals surface area contributed by atoms with Gasteiger partial charge in [-0.3, -0.25) is 4.98 Å². The van der Waals surface area contributed by atoms with Gasteiger partial charge in [-0.2, -0.15) is 5.26 Å². The molecule has 1 aliphatic heterocycles. The van der Waals surface area contributed by atoms with Crippen LogP contribution in [0, 0.1) is 11.3 Å². The van der Waals surface area contributed by atoms with Gasteiger partial charge in [0.1, 0.15) is 6.07 Å². The highest BCUT2D eigenvalue weighted by Crippen LogP contribution is 2.30. The molecule has 4 rings (SSSR count). The summed E-state index contributed by atoms with van der Waals surface area (Å²) < 4.78 is 11.5. The number of benzene rings is 1. The van der Waals surface area contributed by atoms with E-state index in [1.165, 1.54) is 0 Å². The lowest BCUT2D eigenvalue weighted by Crippen LogP contribution is -2.49. The van der Waals surface area contributed by atoms with Gasteiger partial charge in [-0.15, -0.1) is 0 Å². The molecule has 2 atom stereocenters. The van der Waals surface area contributed by atoms with Crippen molar-refractivity contribution < 1.29 is 9.47 Å². The van der Waals surface area contributed by atoms with Crippen LogP contribution >= 0.6 is 0 Å². The molecule has 7 heteroatoms. The van der Waals surface area contributed by atoms with Crippen LogP contribution in [-0.4, -0.2) is 48.9 Å². The van der Waals surface area contributed by atoms with Gasteiger partial charge in [-0.25, -0.2) is 4.98 Å². The normalized spacial score (nSPS) is 19.0. The minimum Gasteiger partial charge on any atom is -0.493 e. The van der Waals surface area contributed by atoms with Gasteiger partial charge in [0.25, 0.3) is 0 Å². The predicted molar refractivity (Wildman–Crippen MR) is 112 cm³/mol. The van der Waals surface area contributed by atoms with E-state index < -0.39 is 0 Å². The van der Waals surface area contributed by atoms with Gasteiger partial charge in [0.05, 0.1) is 30.4 Å². The Labute approximate surface area is 169 Å². The zero-order valence-electron chi connectivity index (χ0n) is 16.5. The number of rotatable bonds is 5. The first-order chi connectivity index (χ1) is 14.2. The molecule has 1 N–H and O–H groups in total. The van der Waals surface area contributed by atoms with Crippen molar-refractivity contribution in [2.45, 2.75) is 19.1 Å². The molecule has 0 aliphatic carbocycles. The molecule has 1 saturated heterocycles. The third-order valence-electron chi connectivity index (χ3n) is 5.02. The van der Waals surface area contributed by atoms with Gasteiger partial charge in [-0.05, 0) is 43.3 Å². The average molecular weight is 389 g/mol. The molecule has 1 aliphatic rings. The third kappa shape index (κ3) is 3.93. The summed E-state index contributed by atoms with van der Waals surface area (Å²) in [6.07, 6.45) is 3.51. The lowest BCUT2D eigenvalue weighted by Gasteiger charge is -2.38. The number of hydrogen-bond donors (Lipinski definition) is 1. The summed E-state index contributed by atoms with van der Waals surface area (Å²) >= 11 is 0. The molecule has 0 bridgehead atoms. The number of nitrogens with zero attached hydrogens (tertiary/aromatic N) is 4. The zero-order chi connectivity index (χ0) is 20.2. The Kier molecular flexibility index (Phi) is 5.45. The Bertz CT molecular complexity index is 1050. The minimum absolute atomic E-state index is 0.0205. The summed E-state index contributed by atoms with van der Waals surface area (Å²) in [5.41, 5.74) is 2.40. The van der Waals surface area contributed by atoms with Crippen molar-refractivity contribution >= 4 is 22.4 Å². The van der Waals surface area contributed by atoms with E-state index in [4.69, 9.17) is 9.47 Å². The molecular weight excluding hydrogens is 366 g/mol. The van der Waals surface area contributed by atoms with Crippen LogP contribution in [0.3, 0.4) is 0 Å². The molecule has 0 amide bonds. The number of methoxy groups -OCH3 is 1. The SMILES string of the molecule is COc1cccnc1NC[C@H]1CN(c2ccc(C#N)c3ncccc23)C[C@@H](C)O1. The molecule has 29 heavy (non-hydrogen) atoms. The van der Waals surface area contributed by atoms with Gasteiger partial charge >= 0.3 is 0 Å². The van der Waals surface area contributed by atoms with Crippen molar-refractivity contribution in [1.82, 2.24) is 9.97 Å². The molecular formula is C22H23N5O2. The maximum Gasteiger partial charge on any atom is 0.168 e. The monoisotopic (exact) mass is 389 g/mol. The summed E-state index contributed by atoms with van der Waals surface area (Å²) in [4.78, 5) is 11.1. The van der Waals surface area contributed by atoms with Crippen molar-refractivity contribution in [2.24, 2.45) is 0 Å². The fourth-order valence-electron chi connectivity index (χ4n) is 3.78. The first-order valence-corrected chi connectivity index (χ1v) is 9.60. The highest BCUT2D eigenvalue weighted by Gasteiger charge is 2.27. The van der Waals surface area contributed by atoms with Crippen LogP contribution in [0.2, 0.25) is 0 Å². The number of pyridine rings is 2. The first kappa shape index (κ1) is 19.0. The van der Waals surface area contributed by atoms with E-state index in [1.807, 2.05) is 36.4 Å². The quantitative estimate of drug-likeness (QED) is 0.717. The minimum atomic E-state index is -0.0205. The summed E-state index contributed by atoms with van der Waals surface area (Å²) in [6, 6.07) is 13.7. The largest absolute Gasteiger partial charge is 0.493 e. The number of aromatic nitrogens is 2. The number of ether oxygens (including phenoxy) is 2. The van der Waals surface area contributed by atoms with Crippen LogP contribution in [0.15, 0.2) is 48.8 Å². The van der Waals surface area contributed by atoms with E-state index in [1.54, 1.807) is 19.5 Å². The second-order valence-corrected chi connectivity index (χ2v) is 7.05. The van der Waals surface area contributed by atoms with Crippen molar-refractivity contribution in [2.75, 3.05) is 37.0 Å². The van der Waals surface area contributed by atoms with Crippen LogP contribution in [0.25, 0.3) is 10.9 Å². The third-order valence-corrected chi connectivity index (χ3v) is 5.02. The highest BCUT2D eigenvalue weighted by molar-refractivity contribution is 5.95. The Balaban J connectivity index is 1.55. The van der Waals surface area contributed by atoms with Gasteiger partial charge in [0.15, 0.2) is 11.6 Å².